The van der Waals surface area contributed by atoms with E-state index in [1.807, 2.05) is 13.8 Å². The Bertz CT molecular complexity index is 512. The van der Waals surface area contributed by atoms with Crippen molar-refractivity contribution in [3.8, 4) is 0 Å². The Balaban J connectivity index is 3.10. The maximum atomic E-state index is 12.3. The summed E-state index contributed by atoms with van der Waals surface area (Å²) >= 11 is 5.92. The molecule has 0 aliphatic carbocycles. The van der Waals surface area contributed by atoms with Crippen molar-refractivity contribution in [3.63, 3.8) is 0 Å². The standard InChI is InChI=1S/C12H19ClN2O3S/c1-8(2)11(7-18-3)15-19(16,17)12-9(13)5-4-6-10(12)14/h4-6,8,11,15H,7,14H2,1-3H3. The van der Waals surface area contributed by atoms with E-state index in [0.29, 0.717) is 0 Å². The molecule has 19 heavy (non-hydrogen) atoms. The van der Waals surface area contributed by atoms with Gasteiger partial charge in [-0.3, -0.25) is 0 Å². The number of ether oxygens (including phenoxy) is 1. The summed E-state index contributed by atoms with van der Waals surface area (Å²) in [5, 5.41) is 0.104. The van der Waals surface area contributed by atoms with Crippen molar-refractivity contribution in [1.29, 1.82) is 0 Å². The lowest BCUT2D eigenvalue weighted by Gasteiger charge is -2.22. The molecule has 7 heteroatoms. The van der Waals surface area contributed by atoms with Crippen molar-refractivity contribution in [2.45, 2.75) is 24.8 Å². The van der Waals surface area contributed by atoms with Crippen LogP contribution in [-0.2, 0) is 14.8 Å². The molecule has 3 N–H and O–H groups in total. The maximum absolute atomic E-state index is 12.3. The first-order valence-electron chi connectivity index (χ1n) is 5.85. The fraction of sp³-hybridized carbons (Fsp3) is 0.500. The number of halogens is 1. The van der Waals surface area contributed by atoms with Crippen LogP contribution >= 0.6 is 11.6 Å². The first kappa shape index (κ1) is 16.2. The van der Waals surface area contributed by atoms with Gasteiger partial charge in [-0.25, -0.2) is 13.1 Å². The van der Waals surface area contributed by atoms with Crippen LogP contribution in [0, 0.1) is 5.92 Å². The Hall–Kier alpha value is -0.820. The van der Waals surface area contributed by atoms with Crippen LogP contribution in [0.4, 0.5) is 5.69 Å². The van der Waals surface area contributed by atoms with Gasteiger partial charge < -0.3 is 10.5 Å². The van der Waals surface area contributed by atoms with Gasteiger partial charge in [-0.2, -0.15) is 0 Å². The van der Waals surface area contributed by atoms with Gasteiger partial charge in [0.2, 0.25) is 10.0 Å². The van der Waals surface area contributed by atoms with E-state index in [-0.39, 0.29) is 34.2 Å². The van der Waals surface area contributed by atoms with Gasteiger partial charge in [-0.1, -0.05) is 31.5 Å². The smallest absolute Gasteiger partial charge is 0.244 e. The van der Waals surface area contributed by atoms with E-state index in [0.717, 1.165) is 0 Å². The highest BCUT2D eigenvalue weighted by molar-refractivity contribution is 7.89. The van der Waals surface area contributed by atoms with E-state index in [1.165, 1.54) is 19.2 Å². The Labute approximate surface area is 119 Å². The largest absolute Gasteiger partial charge is 0.398 e. The molecule has 1 rings (SSSR count). The zero-order chi connectivity index (χ0) is 14.6. The summed E-state index contributed by atoms with van der Waals surface area (Å²) in [6, 6.07) is 4.26. The Morgan fingerprint density at radius 2 is 2.05 bits per heavy atom. The minimum atomic E-state index is -3.77. The number of methoxy groups -OCH3 is 1. The summed E-state index contributed by atoms with van der Waals surface area (Å²) in [6.45, 7) is 4.09. The number of sulfonamides is 1. The van der Waals surface area contributed by atoms with E-state index in [9.17, 15) is 8.42 Å². The van der Waals surface area contributed by atoms with Gasteiger partial charge in [0.25, 0.3) is 0 Å². The topological polar surface area (TPSA) is 81.4 Å². The molecule has 1 unspecified atom stereocenters. The zero-order valence-corrected chi connectivity index (χ0v) is 12.8. The van der Waals surface area contributed by atoms with E-state index < -0.39 is 10.0 Å². The number of nitrogen functional groups attached to an aromatic ring is 1. The molecule has 0 amide bonds. The number of hydrogen-bond donors (Lipinski definition) is 2. The van der Waals surface area contributed by atoms with Gasteiger partial charge in [-0.05, 0) is 18.1 Å². The third kappa shape index (κ3) is 4.07. The van der Waals surface area contributed by atoms with Crippen LogP contribution in [0.1, 0.15) is 13.8 Å². The molecule has 0 heterocycles. The lowest BCUT2D eigenvalue weighted by Crippen LogP contribution is -2.41. The van der Waals surface area contributed by atoms with Crippen molar-refractivity contribution < 1.29 is 13.2 Å². The summed E-state index contributed by atoms with van der Waals surface area (Å²) in [5.74, 6) is 0.0819. The van der Waals surface area contributed by atoms with Crippen LogP contribution in [0.25, 0.3) is 0 Å². The number of rotatable bonds is 6. The summed E-state index contributed by atoms with van der Waals surface area (Å²) < 4.78 is 32.3. The molecule has 1 aromatic carbocycles. The van der Waals surface area contributed by atoms with Crippen molar-refractivity contribution in [2.75, 3.05) is 19.5 Å². The SMILES string of the molecule is COCC(NS(=O)(=O)c1c(N)cccc1Cl)C(C)C. The van der Waals surface area contributed by atoms with Crippen LogP contribution in [0.15, 0.2) is 23.1 Å². The molecule has 0 saturated carbocycles. The molecule has 0 radical (unpaired) electrons. The van der Waals surface area contributed by atoms with E-state index in [4.69, 9.17) is 22.1 Å². The summed E-state index contributed by atoms with van der Waals surface area (Å²) in [4.78, 5) is -0.0848. The predicted octanol–water partition coefficient (Wildman–Crippen LogP) is 1.87. The van der Waals surface area contributed by atoms with Crippen LogP contribution in [0.3, 0.4) is 0 Å². The molecular formula is C12H19ClN2O3S. The Morgan fingerprint density at radius 3 is 2.53 bits per heavy atom. The Morgan fingerprint density at radius 1 is 1.42 bits per heavy atom. The average Bonchev–Trinajstić information content (AvgIpc) is 2.27. The highest BCUT2D eigenvalue weighted by atomic mass is 35.5. The van der Waals surface area contributed by atoms with Gasteiger partial charge in [0.1, 0.15) is 4.90 Å². The molecule has 0 spiro atoms. The maximum Gasteiger partial charge on any atom is 0.244 e. The van der Waals surface area contributed by atoms with Crippen molar-refractivity contribution in [2.24, 2.45) is 5.92 Å². The fourth-order valence-corrected chi connectivity index (χ4v) is 3.66. The van der Waals surface area contributed by atoms with E-state index >= 15 is 0 Å². The average molecular weight is 307 g/mol. The summed E-state index contributed by atoms with van der Waals surface area (Å²) in [7, 11) is -2.25. The quantitative estimate of drug-likeness (QED) is 0.786. The van der Waals surface area contributed by atoms with Gasteiger partial charge >= 0.3 is 0 Å². The molecule has 5 nitrogen and oxygen atoms in total. The fourth-order valence-electron chi connectivity index (χ4n) is 1.61. The first-order valence-corrected chi connectivity index (χ1v) is 7.71. The molecule has 0 bridgehead atoms. The third-order valence-electron chi connectivity index (χ3n) is 2.72. The monoisotopic (exact) mass is 306 g/mol. The summed E-state index contributed by atoms with van der Waals surface area (Å²) in [5.41, 5.74) is 5.82. The molecule has 0 saturated heterocycles. The number of benzene rings is 1. The second-order valence-corrected chi connectivity index (χ2v) is 6.64. The van der Waals surface area contributed by atoms with Crippen molar-refractivity contribution >= 4 is 27.3 Å². The highest BCUT2D eigenvalue weighted by Crippen LogP contribution is 2.27. The van der Waals surface area contributed by atoms with Crippen LogP contribution in [0.5, 0.6) is 0 Å². The predicted molar refractivity (Wildman–Crippen MR) is 76.7 cm³/mol. The first-order chi connectivity index (χ1) is 8.79. The van der Waals surface area contributed by atoms with E-state index in [2.05, 4.69) is 4.72 Å². The normalized spacial score (nSPS) is 13.7. The minimum absolute atomic E-state index is 0.0819. The zero-order valence-electron chi connectivity index (χ0n) is 11.2. The molecule has 0 fully saturated rings. The van der Waals surface area contributed by atoms with Crippen molar-refractivity contribution in [3.05, 3.63) is 23.2 Å². The van der Waals surface area contributed by atoms with Gasteiger partial charge in [0, 0.05) is 13.2 Å². The van der Waals surface area contributed by atoms with E-state index in [1.54, 1.807) is 6.07 Å². The third-order valence-corrected chi connectivity index (χ3v) is 4.76. The second kappa shape index (κ2) is 6.56. The van der Waals surface area contributed by atoms with Gasteiger partial charge in [0.15, 0.2) is 0 Å². The van der Waals surface area contributed by atoms with Crippen LogP contribution < -0.4 is 10.5 Å². The number of anilines is 1. The number of nitrogens with one attached hydrogen (secondary N) is 1. The minimum Gasteiger partial charge on any atom is -0.398 e. The van der Waals surface area contributed by atoms with Crippen LogP contribution in [-0.4, -0.2) is 28.2 Å². The summed E-state index contributed by atoms with van der Waals surface area (Å²) in [6.07, 6.45) is 0. The molecule has 108 valence electrons. The molecule has 0 aromatic heterocycles. The molecule has 1 aromatic rings. The van der Waals surface area contributed by atoms with Gasteiger partial charge in [0.05, 0.1) is 17.3 Å². The Kier molecular flexibility index (Phi) is 5.61. The lowest BCUT2D eigenvalue weighted by atomic mass is 10.1. The molecular weight excluding hydrogens is 288 g/mol. The molecule has 1 atom stereocenters. The van der Waals surface area contributed by atoms with Crippen molar-refractivity contribution in [1.82, 2.24) is 4.72 Å². The highest BCUT2D eigenvalue weighted by Gasteiger charge is 2.26. The lowest BCUT2D eigenvalue weighted by molar-refractivity contribution is 0.157. The molecule has 0 aliphatic heterocycles. The second-order valence-electron chi connectivity index (χ2n) is 4.59. The molecule has 0 aliphatic rings. The van der Waals surface area contributed by atoms with Gasteiger partial charge in [-0.15, -0.1) is 0 Å². The number of nitrogens with two attached hydrogens (primary N) is 1. The number of hydrogen-bond acceptors (Lipinski definition) is 4. The van der Waals surface area contributed by atoms with Crippen LogP contribution in [0.2, 0.25) is 5.02 Å².